The number of aromatic nitrogens is 1. The lowest BCUT2D eigenvalue weighted by atomic mass is 10.1. The quantitative estimate of drug-likeness (QED) is 0.739. The number of ether oxygens (including phenoxy) is 1. The third-order valence-corrected chi connectivity index (χ3v) is 6.72. The molecule has 0 aromatic carbocycles. The molecule has 1 unspecified atom stereocenters. The Morgan fingerprint density at radius 3 is 2.67 bits per heavy atom. The molecule has 1 aliphatic carbocycles. The fourth-order valence-corrected chi connectivity index (χ4v) is 5.46. The first kappa shape index (κ1) is 17.5. The highest BCUT2D eigenvalue weighted by Crippen LogP contribution is 2.29. The normalized spacial score (nSPS) is 23.3. The van der Waals surface area contributed by atoms with Crippen LogP contribution in [0.4, 0.5) is 0 Å². The van der Waals surface area contributed by atoms with Crippen molar-refractivity contribution in [3.05, 3.63) is 23.5 Å². The number of nitrogens with zero attached hydrogens (tertiary/aromatic N) is 2. The number of pyridine rings is 1. The molecule has 6 nitrogen and oxygen atoms in total. The molecule has 1 atom stereocenters. The van der Waals surface area contributed by atoms with Crippen LogP contribution in [0.1, 0.15) is 32.1 Å². The molecule has 2 fully saturated rings. The van der Waals surface area contributed by atoms with Gasteiger partial charge in [-0.05, 0) is 31.4 Å². The Labute approximate surface area is 147 Å². The van der Waals surface area contributed by atoms with E-state index < -0.39 is 9.84 Å². The first-order valence-corrected chi connectivity index (χ1v) is 10.4. The van der Waals surface area contributed by atoms with Gasteiger partial charge in [0, 0.05) is 18.3 Å². The minimum Gasteiger partial charge on any atom is -0.481 e. The zero-order valence-corrected chi connectivity index (χ0v) is 14.9. The van der Waals surface area contributed by atoms with E-state index in [4.69, 9.17) is 16.3 Å². The number of carbonyl (C=O) groups excluding carboxylic acids is 1. The van der Waals surface area contributed by atoms with E-state index in [0.29, 0.717) is 12.2 Å². The lowest BCUT2D eigenvalue weighted by molar-refractivity contribution is -0.137. The average Bonchev–Trinajstić information content (AvgIpc) is 3.17. The number of amides is 1. The summed E-state index contributed by atoms with van der Waals surface area (Å²) in [5.41, 5.74) is 0. The van der Waals surface area contributed by atoms with E-state index in [1.54, 1.807) is 23.2 Å². The van der Waals surface area contributed by atoms with Crippen LogP contribution in [0.3, 0.4) is 0 Å². The predicted octanol–water partition coefficient (Wildman–Crippen LogP) is 2.07. The van der Waals surface area contributed by atoms with Crippen molar-refractivity contribution in [3.8, 4) is 5.75 Å². The summed E-state index contributed by atoms with van der Waals surface area (Å²) in [4.78, 5) is 18.4. The number of carbonyl (C=O) groups is 1. The fourth-order valence-electron chi connectivity index (χ4n) is 3.58. The van der Waals surface area contributed by atoms with E-state index in [0.717, 1.165) is 25.7 Å². The van der Waals surface area contributed by atoms with Crippen LogP contribution in [-0.2, 0) is 14.6 Å². The predicted molar refractivity (Wildman–Crippen MR) is 90.9 cm³/mol. The van der Waals surface area contributed by atoms with Crippen molar-refractivity contribution in [1.29, 1.82) is 0 Å². The minimum atomic E-state index is -3.04. The Morgan fingerprint density at radius 2 is 2.04 bits per heavy atom. The molecule has 1 aromatic rings. The number of sulfone groups is 1. The van der Waals surface area contributed by atoms with Gasteiger partial charge in [0.25, 0.3) is 5.91 Å². The van der Waals surface area contributed by atoms with Gasteiger partial charge in [-0.1, -0.05) is 24.4 Å². The molecule has 1 amide bonds. The van der Waals surface area contributed by atoms with Crippen LogP contribution in [0, 0.1) is 0 Å². The molecular formula is C16H21ClN2O4S. The molecule has 0 bridgehead atoms. The maximum Gasteiger partial charge on any atom is 0.261 e. The minimum absolute atomic E-state index is 0.0584. The summed E-state index contributed by atoms with van der Waals surface area (Å²) in [7, 11) is -3.04. The Kier molecular flexibility index (Phi) is 5.30. The Hall–Kier alpha value is -1.34. The van der Waals surface area contributed by atoms with E-state index >= 15 is 0 Å². The highest BCUT2D eigenvalue weighted by atomic mass is 35.5. The van der Waals surface area contributed by atoms with Crippen LogP contribution >= 0.6 is 11.6 Å². The zero-order valence-electron chi connectivity index (χ0n) is 13.4. The maximum atomic E-state index is 12.8. The number of hydrogen-bond donors (Lipinski definition) is 0. The van der Waals surface area contributed by atoms with Crippen molar-refractivity contribution in [2.45, 2.75) is 44.2 Å². The van der Waals surface area contributed by atoms with Crippen LogP contribution in [0.2, 0.25) is 5.15 Å². The molecule has 1 saturated carbocycles. The van der Waals surface area contributed by atoms with Crippen molar-refractivity contribution in [2.75, 3.05) is 18.1 Å². The van der Waals surface area contributed by atoms with Gasteiger partial charge in [0.05, 0.1) is 11.5 Å². The summed E-state index contributed by atoms with van der Waals surface area (Å²) in [5, 5.41) is 0.209. The largest absolute Gasteiger partial charge is 0.481 e. The summed E-state index contributed by atoms with van der Waals surface area (Å²) in [6.45, 7) is -0.154. The molecule has 24 heavy (non-hydrogen) atoms. The van der Waals surface area contributed by atoms with Crippen LogP contribution in [0.25, 0.3) is 0 Å². The highest BCUT2D eigenvalue weighted by Gasteiger charge is 2.39. The van der Waals surface area contributed by atoms with Gasteiger partial charge in [-0.3, -0.25) is 4.79 Å². The third kappa shape index (κ3) is 4.00. The van der Waals surface area contributed by atoms with Gasteiger partial charge in [0.15, 0.2) is 27.3 Å². The fraction of sp³-hybridized carbons (Fsp3) is 0.625. The summed E-state index contributed by atoms with van der Waals surface area (Å²) >= 11 is 5.94. The molecule has 1 saturated heterocycles. The molecule has 132 valence electrons. The molecule has 2 heterocycles. The summed E-state index contributed by atoms with van der Waals surface area (Å²) in [5.74, 6) is 0.397. The van der Waals surface area contributed by atoms with Crippen molar-refractivity contribution in [1.82, 2.24) is 9.88 Å². The topological polar surface area (TPSA) is 76.6 Å². The Bertz CT molecular complexity index is 704. The van der Waals surface area contributed by atoms with Gasteiger partial charge in [0.1, 0.15) is 0 Å². The van der Waals surface area contributed by atoms with Gasteiger partial charge in [-0.15, -0.1) is 0 Å². The molecule has 1 aliphatic heterocycles. The zero-order chi connectivity index (χ0) is 17.2. The molecular weight excluding hydrogens is 352 g/mol. The smallest absolute Gasteiger partial charge is 0.261 e. The SMILES string of the molecule is O=C(COc1cccnc1Cl)N(C1CCCC1)C1CCS(=O)(=O)C1. The Morgan fingerprint density at radius 1 is 1.29 bits per heavy atom. The van der Waals surface area contributed by atoms with Gasteiger partial charge >= 0.3 is 0 Å². The standard InChI is InChI=1S/C16H21ClN2O4S/c17-16-14(6-3-8-18-16)23-10-15(20)19(12-4-1-2-5-12)13-7-9-24(21,22)11-13/h3,6,8,12-13H,1-2,4-5,7,9-11H2. The second-order valence-corrected chi connectivity index (χ2v) is 8.96. The molecule has 0 spiro atoms. The van der Waals surface area contributed by atoms with Crippen molar-refractivity contribution < 1.29 is 17.9 Å². The Balaban J connectivity index is 1.70. The monoisotopic (exact) mass is 372 g/mol. The van der Waals surface area contributed by atoms with E-state index in [-0.39, 0.29) is 41.3 Å². The molecule has 2 aliphatic rings. The van der Waals surface area contributed by atoms with Crippen molar-refractivity contribution in [3.63, 3.8) is 0 Å². The molecule has 3 rings (SSSR count). The summed E-state index contributed by atoms with van der Waals surface area (Å²) < 4.78 is 29.1. The van der Waals surface area contributed by atoms with Crippen molar-refractivity contribution >= 4 is 27.3 Å². The molecule has 8 heteroatoms. The van der Waals surface area contributed by atoms with Gasteiger partial charge in [-0.2, -0.15) is 0 Å². The number of halogens is 1. The third-order valence-electron chi connectivity index (χ3n) is 4.68. The summed E-state index contributed by atoms with van der Waals surface area (Å²) in [6.07, 6.45) is 6.06. The lowest BCUT2D eigenvalue weighted by Crippen LogP contribution is -2.48. The van der Waals surface area contributed by atoms with Gasteiger partial charge in [-0.25, -0.2) is 13.4 Å². The maximum absolute atomic E-state index is 12.8. The number of rotatable bonds is 5. The second-order valence-electron chi connectivity index (χ2n) is 6.38. The molecule has 0 radical (unpaired) electrons. The van der Waals surface area contributed by atoms with Gasteiger partial charge in [0.2, 0.25) is 0 Å². The van der Waals surface area contributed by atoms with Gasteiger partial charge < -0.3 is 9.64 Å². The van der Waals surface area contributed by atoms with E-state index in [1.165, 1.54) is 0 Å². The van der Waals surface area contributed by atoms with E-state index in [9.17, 15) is 13.2 Å². The lowest BCUT2D eigenvalue weighted by Gasteiger charge is -2.34. The average molecular weight is 373 g/mol. The highest BCUT2D eigenvalue weighted by molar-refractivity contribution is 7.91. The number of hydrogen-bond acceptors (Lipinski definition) is 5. The van der Waals surface area contributed by atoms with Crippen LogP contribution in [0.5, 0.6) is 5.75 Å². The van der Waals surface area contributed by atoms with Crippen molar-refractivity contribution in [2.24, 2.45) is 0 Å². The first-order valence-electron chi connectivity index (χ1n) is 8.21. The van der Waals surface area contributed by atoms with Crippen LogP contribution in [0.15, 0.2) is 18.3 Å². The second kappa shape index (κ2) is 7.27. The molecule has 0 N–H and O–H groups in total. The van der Waals surface area contributed by atoms with Crippen LogP contribution < -0.4 is 4.74 Å². The van der Waals surface area contributed by atoms with E-state index in [2.05, 4.69) is 4.98 Å². The van der Waals surface area contributed by atoms with E-state index in [1.807, 2.05) is 0 Å². The first-order chi connectivity index (χ1) is 11.5. The summed E-state index contributed by atoms with van der Waals surface area (Å²) in [6, 6.07) is 3.22. The molecule has 1 aromatic heterocycles. The van der Waals surface area contributed by atoms with Crippen LogP contribution in [-0.4, -0.2) is 54.4 Å².